The van der Waals surface area contributed by atoms with Crippen LogP contribution in [0.1, 0.15) is 12.0 Å². The van der Waals surface area contributed by atoms with Gasteiger partial charge < -0.3 is 15.4 Å². The highest BCUT2D eigenvalue weighted by Crippen LogP contribution is 2.33. The fraction of sp³-hybridized carbons (Fsp3) is 0.294. The van der Waals surface area contributed by atoms with Gasteiger partial charge in [0.1, 0.15) is 17.4 Å². The van der Waals surface area contributed by atoms with E-state index >= 15 is 0 Å². The number of nitrogens with zero attached hydrogens (tertiary/aromatic N) is 1. The molecule has 0 amide bonds. The summed E-state index contributed by atoms with van der Waals surface area (Å²) in [5.41, 5.74) is 6.83. The summed E-state index contributed by atoms with van der Waals surface area (Å²) < 4.78 is 32.4. The smallest absolute Gasteiger partial charge is 0.149 e. The van der Waals surface area contributed by atoms with Gasteiger partial charge in [0.25, 0.3) is 0 Å². The van der Waals surface area contributed by atoms with E-state index in [2.05, 4.69) is 5.73 Å². The summed E-state index contributed by atoms with van der Waals surface area (Å²) in [6, 6.07) is 9.41. The first-order valence-corrected chi connectivity index (χ1v) is 7.17. The third-order valence-corrected chi connectivity index (χ3v) is 3.56. The summed E-state index contributed by atoms with van der Waals surface area (Å²) in [5, 5.41) is 0. The van der Waals surface area contributed by atoms with Crippen LogP contribution in [-0.4, -0.2) is 20.7 Å². The zero-order chi connectivity index (χ0) is 16.1. The lowest BCUT2D eigenvalue weighted by Crippen LogP contribution is -2.13. The second-order valence-electron chi connectivity index (χ2n) is 4.90. The number of fused-ring (bicyclic) bond motifs is 1. The zero-order valence-electron chi connectivity index (χ0n) is 12.8. The molecule has 0 unspecified atom stereocenters. The Morgan fingerprint density at radius 3 is 2.59 bits per heavy atom. The molecular weight excluding hydrogens is 286 g/mol. The van der Waals surface area contributed by atoms with E-state index in [9.17, 15) is 8.78 Å². The standard InChI is InChI=1S/C16H15F2NO.CH5N/c1-19(15-7-5-12(17)9-14(15)18)13-6-4-11-3-2-8-20-16(11)10-13;1-2/h4-7,9-10H,2-3,8H2,1H3;2H2,1H3. The Labute approximate surface area is 129 Å². The second-order valence-corrected chi connectivity index (χ2v) is 4.90. The number of aryl methyl sites for hydroxylation is 1. The fourth-order valence-corrected chi connectivity index (χ4v) is 2.43. The first-order valence-electron chi connectivity index (χ1n) is 7.17. The van der Waals surface area contributed by atoms with Crippen molar-refractivity contribution in [2.45, 2.75) is 12.8 Å². The summed E-state index contributed by atoms with van der Waals surface area (Å²) in [6.07, 6.45) is 2.03. The molecule has 118 valence electrons. The van der Waals surface area contributed by atoms with E-state index in [0.29, 0.717) is 12.3 Å². The molecule has 2 aromatic rings. The number of nitrogens with two attached hydrogens (primary N) is 1. The van der Waals surface area contributed by atoms with Crippen molar-refractivity contribution < 1.29 is 13.5 Å². The molecule has 0 saturated carbocycles. The molecule has 3 nitrogen and oxygen atoms in total. The number of halogens is 2. The SMILES string of the molecule is CN.CN(c1ccc2c(c1)OCCC2)c1ccc(F)cc1F. The largest absolute Gasteiger partial charge is 0.493 e. The van der Waals surface area contributed by atoms with Crippen molar-refractivity contribution in [2.75, 3.05) is 25.6 Å². The summed E-state index contributed by atoms with van der Waals surface area (Å²) >= 11 is 0. The van der Waals surface area contributed by atoms with Crippen LogP contribution in [0.4, 0.5) is 20.2 Å². The zero-order valence-corrected chi connectivity index (χ0v) is 12.8. The molecule has 0 aliphatic carbocycles. The van der Waals surface area contributed by atoms with Gasteiger partial charge in [0.15, 0.2) is 0 Å². The summed E-state index contributed by atoms with van der Waals surface area (Å²) in [6.45, 7) is 0.713. The van der Waals surface area contributed by atoms with Crippen LogP contribution in [0.5, 0.6) is 5.75 Å². The molecule has 0 bridgehead atoms. The van der Waals surface area contributed by atoms with Crippen LogP contribution in [0.3, 0.4) is 0 Å². The Balaban J connectivity index is 0.000000847. The number of rotatable bonds is 2. The van der Waals surface area contributed by atoms with Crippen LogP contribution in [0, 0.1) is 11.6 Å². The first-order chi connectivity index (χ1) is 10.6. The highest BCUT2D eigenvalue weighted by Gasteiger charge is 2.15. The number of hydrogen-bond donors (Lipinski definition) is 1. The van der Waals surface area contributed by atoms with E-state index in [-0.39, 0.29) is 0 Å². The van der Waals surface area contributed by atoms with Crippen LogP contribution >= 0.6 is 0 Å². The molecule has 0 saturated heterocycles. The maximum absolute atomic E-state index is 13.8. The maximum Gasteiger partial charge on any atom is 0.149 e. The second kappa shape index (κ2) is 7.22. The summed E-state index contributed by atoms with van der Waals surface area (Å²) in [5.74, 6) is -0.303. The Kier molecular flexibility index (Phi) is 5.33. The molecule has 1 heterocycles. The van der Waals surface area contributed by atoms with E-state index < -0.39 is 11.6 Å². The van der Waals surface area contributed by atoms with Gasteiger partial charge in [-0.3, -0.25) is 0 Å². The summed E-state index contributed by atoms with van der Waals surface area (Å²) in [4.78, 5) is 1.69. The van der Waals surface area contributed by atoms with Gasteiger partial charge in [0, 0.05) is 24.9 Å². The molecule has 2 N–H and O–H groups in total. The van der Waals surface area contributed by atoms with E-state index in [0.717, 1.165) is 30.3 Å². The molecule has 2 aromatic carbocycles. The predicted octanol–water partition coefficient (Wildman–Crippen LogP) is 3.63. The lowest BCUT2D eigenvalue weighted by molar-refractivity contribution is 0.288. The third kappa shape index (κ3) is 3.36. The molecule has 3 rings (SSSR count). The molecule has 0 fully saturated rings. The predicted molar refractivity (Wildman–Crippen MR) is 84.8 cm³/mol. The van der Waals surface area contributed by atoms with Gasteiger partial charge in [-0.2, -0.15) is 0 Å². The van der Waals surface area contributed by atoms with Gasteiger partial charge in [0.2, 0.25) is 0 Å². The average Bonchev–Trinajstić information content (AvgIpc) is 2.56. The van der Waals surface area contributed by atoms with Crippen LogP contribution in [0.2, 0.25) is 0 Å². The Hall–Kier alpha value is -2.14. The van der Waals surface area contributed by atoms with Crippen LogP contribution in [0.15, 0.2) is 36.4 Å². The van der Waals surface area contributed by atoms with E-state index in [4.69, 9.17) is 4.74 Å². The van der Waals surface area contributed by atoms with Gasteiger partial charge in [-0.1, -0.05) is 6.07 Å². The van der Waals surface area contributed by atoms with Gasteiger partial charge >= 0.3 is 0 Å². The number of benzene rings is 2. The molecule has 5 heteroatoms. The van der Waals surface area contributed by atoms with Gasteiger partial charge in [-0.25, -0.2) is 8.78 Å². The molecule has 0 aromatic heterocycles. The molecule has 1 aliphatic heterocycles. The monoisotopic (exact) mass is 306 g/mol. The highest BCUT2D eigenvalue weighted by atomic mass is 19.1. The normalized spacial score (nSPS) is 12.6. The molecule has 0 atom stereocenters. The Morgan fingerprint density at radius 1 is 1.09 bits per heavy atom. The van der Waals surface area contributed by atoms with Crippen molar-refractivity contribution in [1.82, 2.24) is 0 Å². The quantitative estimate of drug-likeness (QED) is 0.920. The van der Waals surface area contributed by atoms with E-state index in [1.54, 1.807) is 11.9 Å². The van der Waals surface area contributed by atoms with Gasteiger partial charge in [-0.05, 0) is 43.7 Å². The Bertz CT molecular complexity index is 647. The first kappa shape index (κ1) is 16.2. The number of ether oxygens (including phenoxy) is 1. The van der Waals surface area contributed by atoms with Crippen LogP contribution < -0.4 is 15.4 Å². The van der Waals surface area contributed by atoms with Crippen molar-refractivity contribution in [3.63, 3.8) is 0 Å². The molecule has 0 spiro atoms. The molecule has 0 radical (unpaired) electrons. The van der Waals surface area contributed by atoms with Crippen molar-refractivity contribution in [2.24, 2.45) is 5.73 Å². The number of anilines is 2. The lowest BCUT2D eigenvalue weighted by Gasteiger charge is -2.23. The van der Waals surface area contributed by atoms with Crippen molar-refractivity contribution in [3.8, 4) is 5.75 Å². The third-order valence-electron chi connectivity index (χ3n) is 3.56. The average molecular weight is 306 g/mol. The highest BCUT2D eigenvalue weighted by molar-refractivity contribution is 5.65. The molecular formula is C17H20F2N2O. The minimum atomic E-state index is -0.578. The maximum atomic E-state index is 13.8. The molecule has 1 aliphatic rings. The molecule has 22 heavy (non-hydrogen) atoms. The van der Waals surface area contributed by atoms with E-state index in [1.807, 2.05) is 18.2 Å². The van der Waals surface area contributed by atoms with Crippen molar-refractivity contribution in [3.05, 3.63) is 53.6 Å². The van der Waals surface area contributed by atoms with Gasteiger partial charge in [-0.15, -0.1) is 0 Å². The minimum absolute atomic E-state index is 0.335. The van der Waals surface area contributed by atoms with Gasteiger partial charge in [0.05, 0.1) is 12.3 Å². The summed E-state index contributed by atoms with van der Waals surface area (Å²) in [7, 11) is 3.25. The minimum Gasteiger partial charge on any atom is -0.493 e. The van der Waals surface area contributed by atoms with E-state index in [1.165, 1.54) is 24.7 Å². The van der Waals surface area contributed by atoms with Crippen molar-refractivity contribution in [1.29, 1.82) is 0 Å². The number of hydrogen-bond acceptors (Lipinski definition) is 3. The van der Waals surface area contributed by atoms with Crippen LogP contribution in [-0.2, 0) is 6.42 Å². The Morgan fingerprint density at radius 2 is 1.86 bits per heavy atom. The topological polar surface area (TPSA) is 38.5 Å². The van der Waals surface area contributed by atoms with Crippen LogP contribution in [0.25, 0.3) is 0 Å². The van der Waals surface area contributed by atoms with Crippen molar-refractivity contribution >= 4 is 11.4 Å². The fourth-order valence-electron chi connectivity index (χ4n) is 2.43. The lowest BCUT2D eigenvalue weighted by atomic mass is 10.1.